The number of nitrogens with two attached hydrogens (primary N) is 2. The molecule has 0 amide bonds. The first-order chi connectivity index (χ1) is 11.8. The van der Waals surface area contributed by atoms with Crippen LogP contribution in [0.3, 0.4) is 0 Å². The lowest BCUT2D eigenvalue weighted by Gasteiger charge is -2.03. The lowest BCUT2D eigenvalue weighted by atomic mass is 10.1. The molecule has 0 spiro atoms. The molecule has 1 unspecified atom stereocenters. The average molecular weight is 362 g/mol. The van der Waals surface area contributed by atoms with Crippen LogP contribution in [0.15, 0.2) is 0 Å². The van der Waals surface area contributed by atoms with Gasteiger partial charge in [-0.05, 0) is 32.2 Å². The molecule has 0 aromatic rings. The van der Waals surface area contributed by atoms with Gasteiger partial charge in [-0.15, -0.1) is 0 Å². The maximum Gasteiger partial charge on any atom is 0.320 e. The van der Waals surface area contributed by atoms with Crippen LogP contribution < -0.4 is 11.5 Å². The lowest BCUT2D eigenvalue weighted by molar-refractivity contribution is -0.139. The van der Waals surface area contributed by atoms with E-state index in [1.807, 2.05) is 0 Å². The Bertz CT molecular complexity index is 343. The van der Waals surface area contributed by atoms with E-state index < -0.39 is 23.9 Å². The van der Waals surface area contributed by atoms with Crippen molar-refractivity contribution >= 4 is 17.9 Å². The molecule has 0 saturated carbocycles. The smallest absolute Gasteiger partial charge is 0.320 e. The van der Waals surface area contributed by atoms with E-state index in [9.17, 15) is 14.4 Å². The van der Waals surface area contributed by atoms with E-state index >= 15 is 0 Å². The Hall–Kier alpha value is -1.67. The number of hydrogen-bond donors (Lipinski definition) is 5. The number of carbonyl (C=O) groups is 3. The molecule has 0 rings (SSSR count). The van der Waals surface area contributed by atoms with Crippen LogP contribution in [0.2, 0.25) is 0 Å². The molecule has 0 aliphatic rings. The van der Waals surface area contributed by atoms with E-state index in [2.05, 4.69) is 0 Å². The van der Waals surface area contributed by atoms with Crippen LogP contribution in [0, 0.1) is 0 Å². The fourth-order valence-corrected chi connectivity index (χ4v) is 2.07. The summed E-state index contributed by atoms with van der Waals surface area (Å²) >= 11 is 0. The summed E-state index contributed by atoms with van der Waals surface area (Å²) in [5.41, 5.74) is 10.4. The van der Waals surface area contributed by atoms with Crippen LogP contribution in [0.1, 0.15) is 77.0 Å². The van der Waals surface area contributed by atoms with Gasteiger partial charge in [0.1, 0.15) is 6.04 Å². The quantitative estimate of drug-likeness (QED) is 0.277. The van der Waals surface area contributed by atoms with E-state index in [0.717, 1.165) is 57.8 Å². The summed E-state index contributed by atoms with van der Waals surface area (Å²) in [6.45, 7) is 0.604. The van der Waals surface area contributed by atoms with Crippen molar-refractivity contribution in [1.82, 2.24) is 0 Å². The maximum absolute atomic E-state index is 10.2. The van der Waals surface area contributed by atoms with E-state index in [1.54, 1.807) is 0 Å². The third-order valence-electron chi connectivity index (χ3n) is 3.57. The Morgan fingerprint density at radius 3 is 1.40 bits per heavy atom. The molecule has 148 valence electrons. The molecule has 0 aliphatic heterocycles. The first-order valence-electron chi connectivity index (χ1n) is 8.93. The van der Waals surface area contributed by atoms with Gasteiger partial charge in [-0.2, -0.15) is 0 Å². The van der Waals surface area contributed by atoms with Gasteiger partial charge < -0.3 is 26.8 Å². The number of unbranched alkanes of at least 4 members (excludes halogenated alkanes) is 7. The molecule has 7 N–H and O–H groups in total. The molecule has 0 heterocycles. The molecular weight excluding hydrogens is 328 g/mol. The molecule has 0 bridgehead atoms. The Morgan fingerprint density at radius 1 is 0.680 bits per heavy atom. The minimum absolute atomic E-state index is 0.263. The highest BCUT2D eigenvalue weighted by Crippen LogP contribution is 2.09. The van der Waals surface area contributed by atoms with Crippen molar-refractivity contribution in [3.63, 3.8) is 0 Å². The summed E-state index contributed by atoms with van der Waals surface area (Å²) in [5.74, 6) is -2.38. The van der Waals surface area contributed by atoms with E-state index in [4.69, 9.17) is 26.8 Å². The molecule has 25 heavy (non-hydrogen) atoms. The minimum atomic E-state index is -0.933. The number of rotatable bonds is 15. The van der Waals surface area contributed by atoms with Crippen LogP contribution in [0.5, 0.6) is 0 Å². The standard InChI is InChI=1S/C11H20O4.C6H14N2O2/c12-10(13)8-6-4-2-1-3-5-7-9-11(14)15;7-4-2-1-3-5(8)6(9)10/h1-9H2,(H,12,13)(H,14,15);5H,1-4,7-8H2,(H,9,10). The summed E-state index contributed by atoms with van der Waals surface area (Å²) in [5, 5.41) is 25.1. The van der Waals surface area contributed by atoms with Gasteiger partial charge in [0, 0.05) is 12.8 Å². The highest BCUT2D eigenvalue weighted by Gasteiger charge is 2.09. The number of carboxylic acid groups (broad SMARTS) is 3. The Kier molecular flexibility index (Phi) is 19.1. The predicted octanol–water partition coefficient (Wildman–Crippen LogP) is 2.19. The highest BCUT2D eigenvalue weighted by molar-refractivity contribution is 5.72. The number of carboxylic acids is 3. The Labute approximate surface area is 149 Å². The molecule has 0 aliphatic carbocycles. The predicted molar refractivity (Wildman–Crippen MR) is 95.3 cm³/mol. The maximum atomic E-state index is 10.2. The third kappa shape index (κ3) is 24.7. The van der Waals surface area contributed by atoms with Crippen molar-refractivity contribution in [1.29, 1.82) is 0 Å². The third-order valence-corrected chi connectivity index (χ3v) is 3.57. The molecule has 0 fully saturated rings. The van der Waals surface area contributed by atoms with E-state index in [0.29, 0.717) is 13.0 Å². The Morgan fingerprint density at radius 2 is 1.08 bits per heavy atom. The summed E-state index contributed by atoms with van der Waals surface area (Å²) < 4.78 is 0. The summed E-state index contributed by atoms with van der Waals surface area (Å²) in [6, 6.07) is -0.716. The van der Waals surface area contributed by atoms with Crippen molar-refractivity contribution in [2.45, 2.75) is 83.1 Å². The average Bonchev–Trinajstić information content (AvgIpc) is 2.53. The van der Waals surface area contributed by atoms with Crippen molar-refractivity contribution in [2.75, 3.05) is 6.54 Å². The van der Waals surface area contributed by atoms with Crippen LogP contribution in [0.25, 0.3) is 0 Å². The minimum Gasteiger partial charge on any atom is -0.481 e. The molecular formula is C17H34N2O6. The highest BCUT2D eigenvalue weighted by atomic mass is 16.4. The van der Waals surface area contributed by atoms with Crippen molar-refractivity contribution in [3.8, 4) is 0 Å². The van der Waals surface area contributed by atoms with Gasteiger partial charge in [-0.1, -0.05) is 38.5 Å². The topological polar surface area (TPSA) is 164 Å². The van der Waals surface area contributed by atoms with Crippen LogP contribution in [0.4, 0.5) is 0 Å². The molecule has 8 heteroatoms. The van der Waals surface area contributed by atoms with Gasteiger partial charge in [-0.3, -0.25) is 14.4 Å². The second-order valence-electron chi connectivity index (χ2n) is 5.99. The summed E-state index contributed by atoms with van der Waals surface area (Å²) in [4.78, 5) is 30.5. The molecule has 0 saturated heterocycles. The molecule has 1 atom stereocenters. The fourth-order valence-electron chi connectivity index (χ4n) is 2.07. The van der Waals surface area contributed by atoms with Crippen LogP contribution >= 0.6 is 0 Å². The summed E-state index contributed by atoms with van der Waals surface area (Å²) in [7, 11) is 0. The SMILES string of the molecule is NCCCCC(N)C(=O)O.O=C(O)CCCCCCCCCC(=O)O. The van der Waals surface area contributed by atoms with Crippen LogP contribution in [-0.4, -0.2) is 45.8 Å². The summed E-state index contributed by atoms with van der Waals surface area (Å²) in [6.07, 6.45) is 9.32. The monoisotopic (exact) mass is 362 g/mol. The molecule has 0 aromatic heterocycles. The molecule has 8 nitrogen and oxygen atoms in total. The number of aliphatic carboxylic acids is 3. The first kappa shape index (κ1) is 25.6. The normalized spacial score (nSPS) is 11.3. The van der Waals surface area contributed by atoms with Crippen molar-refractivity contribution in [3.05, 3.63) is 0 Å². The zero-order valence-corrected chi connectivity index (χ0v) is 15.0. The van der Waals surface area contributed by atoms with Crippen molar-refractivity contribution < 1.29 is 29.7 Å². The van der Waals surface area contributed by atoms with Gasteiger partial charge in [0.25, 0.3) is 0 Å². The second-order valence-corrected chi connectivity index (χ2v) is 5.99. The number of hydrogen-bond acceptors (Lipinski definition) is 5. The van der Waals surface area contributed by atoms with Gasteiger partial charge in [-0.25, -0.2) is 0 Å². The van der Waals surface area contributed by atoms with Gasteiger partial charge >= 0.3 is 17.9 Å². The zero-order chi connectivity index (χ0) is 19.5. The van der Waals surface area contributed by atoms with E-state index in [-0.39, 0.29) is 12.8 Å². The van der Waals surface area contributed by atoms with Crippen LogP contribution in [-0.2, 0) is 14.4 Å². The largest absolute Gasteiger partial charge is 0.481 e. The Balaban J connectivity index is 0. The molecule has 0 aromatic carbocycles. The molecule has 0 radical (unpaired) electrons. The van der Waals surface area contributed by atoms with E-state index in [1.165, 1.54) is 0 Å². The fraction of sp³-hybridized carbons (Fsp3) is 0.824. The van der Waals surface area contributed by atoms with Gasteiger partial charge in [0.15, 0.2) is 0 Å². The van der Waals surface area contributed by atoms with Gasteiger partial charge in [0.2, 0.25) is 0 Å². The van der Waals surface area contributed by atoms with Gasteiger partial charge in [0.05, 0.1) is 0 Å². The second kappa shape index (κ2) is 18.7. The lowest BCUT2D eigenvalue weighted by Crippen LogP contribution is -2.29. The van der Waals surface area contributed by atoms with Crippen molar-refractivity contribution in [2.24, 2.45) is 11.5 Å². The first-order valence-corrected chi connectivity index (χ1v) is 8.93. The zero-order valence-electron chi connectivity index (χ0n) is 15.0.